The van der Waals surface area contributed by atoms with Crippen molar-refractivity contribution >= 4 is 0 Å². The second-order valence-electron chi connectivity index (χ2n) is 4.64. The maximum atomic E-state index is 3.60. The van der Waals surface area contributed by atoms with E-state index in [1.807, 2.05) is 0 Å². The summed E-state index contributed by atoms with van der Waals surface area (Å²) in [5.41, 5.74) is 0. The minimum atomic E-state index is 0.887. The molecule has 1 N–H and O–H groups in total. The zero-order valence-electron chi connectivity index (χ0n) is 9.31. The molecule has 1 aliphatic carbocycles. The van der Waals surface area contributed by atoms with Crippen molar-refractivity contribution in [3.63, 3.8) is 0 Å². The molecule has 0 aromatic heterocycles. The van der Waals surface area contributed by atoms with Crippen molar-refractivity contribution in [1.82, 2.24) is 5.32 Å². The number of nitrogens with one attached hydrogen (secondary N) is 1. The molecule has 78 valence electrons. The van der Waals surface area contributed by atoms with Crippen molar-refractivity contribution in [1.29, 1.82) is 0 Å². The molecule has 0 aromatic rings. The highest BCUT2D eigenvalue weighted by Crippen LogP contribution is 2.19. The van der Waals surface area contributed by atoms with Gasteiger partial charge in [-0.25, -0.2) is 0 Å². The Balaban J connectivity index is 1.81. The highest BCUT2D eigenvalue weighted by Gasteiger charge is 2.20. The molecule has 0 aromatic carbocycles. The third-order valence-electron chi connectivity index (χ3n) is 2.88. The lowest BCUT2D eigenvalue weighted by Gasteiger charge is -2.11. The molecule has 1 atom stereocenters. The summed E-state index contributed by atoms with van der Waals surface area (Å²) in [7, 11) is 0. The minimum absolute atomic E-state index is 0.887. The Kier molecular flexibility index (Phi) is 5.45. The molecule has 0 heterocycles. The van der Waals surface area contributed by atoms with E-state index in [2.05, 4.69) is 19.2 Å². The highest BCUT2D eigenvalue weighted by molar-refractivity contribution is 4.81. The van der Waals surface area contributed by atoms with E-state index >= 15 is 0 Å². The second-order valence-corrected chi connectivity index (χ2v) is 4.64. The summed E-state index contributed by atoms with van der Waals surface area (Å²) in [6.07, 6.45) is 9.90. The van der Waals surface area contributed by atoms with Gasteiger partial charge in [0.25, 0.3) is 0 Å². The van der Waals surface area contributed by atoms with Crippen LogP contribution < -0.4 is 5.32 Å². The molecule has 0 radical (unpaired) electrons. The predicted octanol–water partition coefficient (Wildman–Crippen LogP) is 3.34. The van der Waals surface area contributed by atoms with Crippen LogP contribution in [-0.2, 0) is 0 Å². The molecule has 0 spiro atoms. The first-order valence-corrected chi connectivity index (χ1v) is 6.06. The summed E-state index contributed by atoms with van der Waals surface area (Å²) >= 11 is 0. The number of hydrogen-bond acceptors (Lipinski definition) is 1. The van der Waals surface area contributed by atoms with Crippen LogP contribution in [0, 0.1) is 5.92 Å². The van der Waals surface area contributed by atoms with E-state index in [4.69, 9.17) is 0 Å². The lowest BCUT2D eigenvalue weighted by molar-refractivity contribution is 0.453. The summed E-state index contributed by atoms with van der Waals surface area (Å²) in [4.78, 5) is 0. The van der Waals surface area contributed by atoms with Gasteiger partial charge in [-0.1, -0.05) is 39.5 Å². The zero-order chi connectivity index (χ0) is 9.52. The molecule has 0 aliphatic heterocycles. The van der Waals surface area contributed by atoms with Gasteiger partial charge < -0.3 is 5.32 Å². The number of unbranched alkanes of at least 4 members (excludes halogenated alkanes) is 3. The van der Waals surface area contributed by atoms with Crippen LogP contribution in [0.15, 0.2) is 0 Å². The van der Waals surface area contributed by atoms with E-state index in [1.54, 1.807) is 0 Å². The van der Waals surface area contributed by atoms with Crippen LogP contribution in [0.25, 0.3) is 0 Å². The largest absolute Gasteiger partial charge is 0.314 e. The first kappa shape index (κ1) is 11.0. The Labute approximate surface area is 83.3 Å². The van der Waals surface area contributed by atoms with Crippen LogP contribution in [0.5, 0.6) is 0 Å². The van der Waals surface area contributed by atoms with Crippen molar-refractivity contribution in [2.45, 2.75) is 64.8 Å². The van der Waals surface area contributed by atoms with Gasteiger partial charge in [-0.15, -0.1) is 0 Å². The van der Waals surface area contributed by atoms with Crippen LogP contribution in [-0.4, -0.2) is 12.6 Å². The fourth-order valence-corrected chi connectivity index (χ4v) is 1.68. The van der Waals surface area contributed by atoms with Gasteiger partial charge >= 0.3 is 0 Å². The third kappa shape index (κ3) is 6.09. The quantitative estimate of drug-likeness (QED) is 0.569. The lowest BCUT2D eigenvalue weighted by Crippen LogP contribution is -2.23. The molecule has 1 rings (SSSR count). The van der Waals surface area contributed by atoms with Gasteiger partial charge in [0.05, 0.1) is 0 Å². The summed E-state index contributed by atoms with van der Waals surface area (Å²) in [6.45, 7) is 5.90. The Morgan fingerprint density at radius 3 is 2.62 bits per heavy atom. The summed E-state index contributed by atoms with van der Waals surface area (Å²) < 4.78 is 0. The first-order chi connectivity index (χ1) is 6.33. The SMILES string of the molecule is CCCCCCC(C)CNC1CC1. The van der Waals surface area contributed by atoms with Gasteiger partial charge in [-0.2, -0.15) is 0 Å². The van der Waals surface area contributed by atoms with Crippen LogP contribution in [0.4, 0.5) is 0 Å². The van der Waals surface area contributed by atoms with E-state index in [0.29, 0.717) is 0 Å². The summed E-state index contributed by atoms with van der Waals surface area (Å²) in [5.74, 6) is 0.887. The van der Waals surface area contributed by atoms with Crippen molar-refractivity contribution in [3.05, 3.63) is 0 Å². The molecule has 1 heteroatoms. The highest BCUT2D eigenvalue weighted by atomic mass is 14.9. The minimum Gasteiger partial charge on any atom is -0.314 e. The third-order valence-corrected chi connectivity index (χ3v) is 2.88. The van der Waals surface area contributed by atoms with Crippen LogP contribution in [0.3, 0.4) is 0 Å². The molecule has 13 heavy (non-hydrogen) atoms. The first-order valence-electron chi connectivity index (χ1n) is 6.06. The van der Waals surface area contributed by atoms with E-state index in [-0.39, 0.29) is 0 Å². The van der Waals surface area contributed by atoms with Crippen LogP contribution in [0.1, 0.15) is 58.8 Å². The number of rotatable bonds is 8. The van der Waals surface area contributed by atoms with Crippen molar-refractivity contribution in [3.8, 4) is 0 Å². The van der Waals surface area contributed by atoms with E-state index < -0.39 is 0 Å². The monoisotopic (exact) mass is 183 g/mol. The van der Waals surface area contributed by atoms with Crippen molar-refractivity contribution in [2.75, 3.05) is 6.54 Å². The fraction of sp³-hybridized carbons (Fsp3) is 1.00. The van der Waals surface area contributed by atoms with Crippen LogP contribution >= 0.6 is 0 Å². The number of hydrogen-bond donors (Lipinski definition) is 1. The molecule has 0 bridgehead atoms. The smallest absolute Gasteiger partial charge is 0.00683 e. The summed E-state index contributed by atoms with van der Waals surface area (Å²) in [6, 6.07) is 0.887. The fourth-order valence-electron chi connectivity index (χ4n) is 1.68. The molecule has 1 fully saturated rings. The second kappa shape index (κ2) is 6.42. The van der Waals surface area contributed by atoms with Crippen molar-refractivity contribution in [2.24, 2.45) is 5.92 Å². The normalized spacial score (nSPS) is 18.9. The van der Waals surface area contributed by atoms with Gasteiger partial charge in [0.15, 0.2) is 0 Å². The van der Waals surface area contributed by atoms with Crippen LogP contribution in [0.2, 0.25) is 0 Å². The Hall–Kier alpha value is -0.0400. The van der Waals surface area contributed by atoms with Gasteiger partial charge in [0.1, 0.15) is 0 Å². The molecule has 1 aliphatic rings. The molecular weight excluding hydrogens is 158 g/mol. The topological polar surface area (TPSA) is 12.0 Å². The molecule has 1 nitrogen and oxygen atoms in total. The van der Waals surface area contributed by atoms with E-state index in [1.165, 1.54) is 51.5 Å². The van der Waals surface area contributed by atoms with Gasteiger partial charge in [-0.05, 0) is 31.7 Å². The van der Waals surface area contributed by atoms with E-state index in [9.17, 15) is 0 Å². The molecule has 1 unspecified atom stereocenters. The Morgan fingerprint density at radius 1 is 1.23 bits per heavy atom. The summed E-state index contributed by atoms with van der Waals surface area (Å²) in [5, 5.41) is 3.60. The average Bonchev–Trinajstić information content (AvgIpc) is 2.92. The molecule has 0 amide bonds. The van der Waals surface area contributed by atoms with Gasteiger partial charge in [-0.3, -0.25) is 0 Å². The zero-order valence-corrected chi connectivity index (χ0v) is 9.31. The maximum Gasteiger partial charge on any atom is 0.00683 e. The lowest BCUT2D eigenvalue weighted by atomic mass is 10.0. The standard InChI is InChI=1S/C12H25N/c1-3-4-5-6-7-11(2)10-13-12-8-9-12/h11-13H,3-10H2,1-2H3. The molecule has 1 saturated carbocycles. The molecule has 0 saturated heterocycles. The Bertz CT molecular complexity index is 118. The van der Waals surface area contributed by atoms with Crippen molar-refractivity contribution < 1.29 is 0 Å². The van der Waals surface area contributed by atoms with Gasteiger partial charge in [0.2, 0.25) is 0 Å². The van der Waals surface area contributed by atoms with E-state index in [0.717, 1.165) is 12.0 Å². The molecular formula is C12H25N. The predicted molar refractivity (Wildman–Crippen MR) is 58.9 cm³/mol. The van der Waals surface area contributed by atoms with Gasteiger partial charge in [0, 0.05) is 6.04 Å². The maximum absolute atomic E-state index is 3.60. The Morgan fingerprint density at radius 2 is 2.00 bits per heavy atom. The average molecular weight is 183 g/mol.